The number of benzene rings is 2. The number of sulfonamides is 1. The standard InChI is InChI=1S/C24H34N2O6S/c1-17(2)15-25-33(28,29)20-10-7-18(8-11-20)9-12-23(27)26(3)16-19-13-21(30-4)24(32-6)22(14-19)31-5/h7-8,10-11,13-14,17,25H,9,12,15-16H2,1-6H3. The molecule has 1 N–H and O–H groups in total. The lowest BCUT2D eigenvalue weighted by Gasteiger charge is -2.19. The molecule has 182 valence electrons. The summed E-state index contributed by atoms with van der Waals surface area (Å²) in [5, 5.41) is 0. The van der Waals surface area contributed by atoms with E-state index in [0.29, 0.717) is 43.2 Å². The molecule has 0 aliphatic carbocycles. The number of hydrogen-bond acceptors (Lipinski definition) is 6. The van der Waals surface area contributed by atoms with Gasteiger partial charge in [0.1, 0.15) is 0 Å². The normalized spacial score (nSPS) is 11.4. The third kappa shape index (κ3) is 7.36. The highest BCUT2D eigenvalue weighted by Crippen LogP contribution is 2.38. The number of rotatable bonds is 12. The first kappa shape index (κ1) is 26.5. The lowest BCUT2D eigenvalue weighted by Crippen LogP contribution is -2.27. The van der Waals surface area contributed by atoms with E-state index in [1.54, 1.807) is 57.5 Å². The number of ether oxygens (including phenoxy) is 3. The van der Waals surface area contributed by atoms with Crippen LogP contribution in [0.25, 0.3) is 0 Å². The van der Waals surface area contributed by atoms with Gasteiger partial charge in [0.25, 0.3) is 0 Å². The first-order valence-corrected chi connectivity index (χ1v) is 12.2. The van der Waals surface area contributed by atoms with Crippen molar-refractivity contribution in [3.8, 4) is 17.2 Å². The first-order valence-electron chi connectivity index (χ1n) is 10.7. The van der Waals surface area contributed by atoms with Crippen molar-refractivity contribution in [2.45, 2.75) is 38.1 Å². The van der Waals surface area contributed by atoms with Crippen molar-refractivity contribution in [1.29, 1.82) is 0 Å². The zero-order valence-electron chi connectivity index (χ0n) is 20.2. The van der Waals surface area contributed by atoms with Crippen molar-refractivity contribution < 1.29 is 27.4 Å². The second-order valence-electron chi connectivity index (χ2n) is 8.17. The van der Waals surface area contributed by atoms with Gasteiger partial charge in [-0.05, 0) is 47.7 Å². The molecule has 0 unspecified atom stereocenters. The molecule has 0 aromatic heterocycles. The van der Waals surface area contributed by atoms with Gasteiger partial charge in [-0.3, -0.25) is 4.79 Å². The summed E-state index contributed by atoms with van der Waals surface area (Å²) in [7, 11) is 2.85. The van der Waals surface area contributed by atoms with E-state index in [1.165, 1.54) is 0 Å². The van der Waals surface area contributed by atoms with Crippen LogP contribution in [0.4, 0.5) is 0 Å². The molecule has 0 saturated heterocycles. The molecule has 0 spiro atoms. The van der Waals surface area contributed by atoms with E-state index < -0.39 is 10.0 Å². The minimum Gasteiger partial charge on any atom is -0.493 e. The molecule has 0 aliphatic rings. The minimum absolute atomic E-state index is 0.0287. The monoisotopic (exact) mass is 478 g/mol. The zero-order chi connectivity index (χ0) is 24.6. The van der Waals surface area contributed by atoms with Crippen molar-refractivity contribution in [2.24, 2.45) is 5.92 Å². The Morgan fingerprint density at radius 3 is 2.03 bits per heavy atom. The lowest BCUT2D eigenvalue weighted by atomic mass is 10.1. The van der Waals surface area contributed by atoms with E-state index >= 15 is 0 Å². The molecule has 0 aliphatic heterocycles. The Morgan fingerprint density at radius 2 is 1.55 bits per heavy atom. The van der Waals surface area contributed by atoms with E-state index in [-0.39, 0.29) is 16.7 Å². The Balaban J connectivity index is 1.98. The molecule has 0 bridgehead atoms. The Morgan fingerprint density at radius 1 is 0.970 bits per heavy atom. The molecule has 0 heterocycles. The van der Waals surface area contributed by atoms with Crippen LogP contribution < -0.4 is 18.9 Å². The molecule has 2 aromatic carbocycles. The highest BCUT2D eigenvalue weighted by atomic mass is 32.2. The van der Waals surface area contributed by atoms with Crippen LogP contribution in [0.1, 0.15) is 31.4 Å². The van der Waals surface area contributed by atoms with E-state index in [4.69, 9.17) is 14.2 Å². The van der Waals surface area contributed by atoms with Gasteiger partial charge in [-0.2, -0.15) is 0 Å². The van der Waals surface area contributed by atoms with Gasteiger partial charge < -0.3 is 19.1 Å². The van der Waals surface area contributed by atoms with Crippen LogP contribution >= 0.6 is 0 Å². The Hall–Kier alpha value is -2.78. The smallest absolute Gasteiger partial charge is 0.240 e. The van der Waals surface area contributed by atoms with Crippen molar-refractivity contribution in [1.82, 2.24) is 9.62 Å². The van der Waals surface area contributed by atoms with Crippen molar-refractivity contribution in [2.75, 3.05) is 34.9 Å². The maximum absolute atomic E-state index is 12.7. The van der Waals surface area contributed by atoms with Crippen LogP contribution in [-0.4, -0.2) is 54.1 Å². The second kappa shape index (κ2) is 11.9. The van der Waals surface area contributed by atoms with Crippen molar-refractivity contribution in [3.05, 3.63) is 47.5 Å². The number of carbonyl (C=O) groups is 1. The molecule has 0 radical (unpaired) electrons. The van der Waals surface area contributed by atoms with Crippen LogP contribution in [0.5, 0.6) is 17.2 Å². The van der Waals surface area contributed by atoms with Gasteiger partial charge in [-0.1, -0.05) is 26.0 Å². The molecule has 1 amide bonds. The SMILES string of the molecule is COc1cc(CN(C)C(=O)CCc2ccc(S(=O)(=O)NCC(C)C)cc2)cc(OC)c1OC. The van der Waals surface area contributed by atoms with Crippen LogP contribution in [0.3, 0.4) is 0 Å². The minimum atomic E-state index is -3.52. The number of amides is 1. The molecule has 8 nitrogen and oxygen atoms in total. The van der Waals surface area contributed by atoms with Gasteiger partial charge in [0.2, 0.25) is 21.7 Å². The topological polar surface area (TPSA) is 94.2 Å². The van der Waals surface area contributed by atoms with Gasteiger partial charge in [0.05, 0.1) is 26.2 Å². The highest BCUT2D eigenvalue weighted by Gasteiger charge is 2.17. The molecule has 0 saturated carbocycles. The molecule has 2 aromatic rings. The summed E-state index contributed by atoms with van der Waals surface area (Å²) in [6.07, 6.45) is 0.816. The number of aryl methyl sites for hydroxylation is 1. The van der Waals surface area contributed by atoms with Gasteiger partial charge in [0, 0.05) is 26.6 Å². The fraction of sp³-hybridized carbons (Fsp3) is 0.458. The molecule has 33 heavy (non-hydrogen) atoms. The molecule has 9 heteroatoms. The van der Waals surface area contributed by atoms with Gasteiger partial charge in [-0.25, -0.2) is 13.1 Å². The molecular formula is C24H34N2O6S. The summed E-state index contributed by atoms with van der Waals surface area (Å²) in [6.45, 7) is 4.66. The maximum Gasteiger partial charge on any atom is 0.240 e. The van der Waals surface area contributed by atoms with E-state index in [1.807, 2.05) is 26.0 Å². The average molecular weight is 479 g/mol. The number of carbonyl (C=O) groups excluding carboxylic acids is 1. The fourth-order valence-corrected chi connectivity index (χ4v) is 4.44. The van der Waals surface area contributed by atoms with E-state index in [0.717, 1.165) is 11.1 Å². The predicted octanol–water partition coefficient (Wildman–Crippen LogP) is 3.24. The van der Waals surface area contributed by atoms with Crippen LogP contribution in [0, 0.1) is 5.92 Å². The van der Waals surface area contributed by atoms with Crippen molar-refractivity contribution in [3.63, 3.8) is 0 Å². The number of hydrogen-bond donors (Lipinski definition) is 1. The number of methoxy groups -OCH3 is 3. The largest absolute Gasteiger partial charge is 0.493 e. The summed E-state index contributed by atoms with van der Waals surface area (Å²) < 4.78 is 43.3. The van der Waals surface area contributed by atoms with Crippen molar-refractivity contribution >= 4 is 15.9 Å². The van der Waals surface area contributed by atoms with Gasteiger partial charge in [0.15, 0.2) is 11.5 Å². The fourth-order valence-electron chi connectivity index (χ4n) is 3.23. The summed E-state index contributed by atoms with van der Waals surface area (Å²) in [5.74, 6) is 1.76. The third-order valence-electron chi connectivity index (χ3n) is 5.11. The summed E-state index contributed by atoms with van der Waals surface area (Å²) in [6, 6.07) is 10.3. The molecule has 0 atom stereocenters. The Labute approximate surface area is 196 Å². The predicted molar refractivity (Wildman–Crippen MR) is 127 cm³/mol. The average Bonchev–Trinajstić information content (AvgIpc) is 2.80. The Bertz CT molecular complexity index is 1010. The number of nitrogens with one attached hydrogen (secondary N) is 1. The van der Waals surface area contributed by atoms with Crippen LogP contribution in [0.15, 0.2) is 41.3 Å². The van der Waals surface area contributed by atoms with Crippen LogP contribution in [-0.2, 0) is 27.8 Å². The zero-order valence-corrected chi connectivity index (χ0v) is 21.0. The van der Waals surface area contributed by atoms with Gasteiger partial charge >= 0.3 is 0 Å². The molecular weight excluding hydrogens is 444 g/mol. The third-order valence-corrected chi connectivity index (χ3v) is 6.55. The lowest BCUT2D eigenvalue weighted by molar-refractivity contribution is -0.130. The summed E-state index contributed by atoms with van der Waals surface area (Å²) in [5.41, 5.74) is 1.75. The first-order chi connectivity index (χ1) is 15.6. The van der Waals surface area contributed by atoms with E-state index in [2.05, 4.69) is 4.72 Å². The maximum atomic E-state index is 12.7. The number of nitrogens with zero attached hydrogens (tertiary/aromatic N) is 1. The Kier molecular flexibility index (Phi) is 9.55. The van der Waals surface area contributed by atoms with Gasteiger partial charge in [-0.15, -0.1) is 0 Å². The molecule has 0 fully saturated rings. The highest BCUT2D eigenvalue weighted by molar-refractivity contribution is 7.89. The second-order valence-corrected chi connectivity index (χ2v) is 9.94. The van der Waals surface area contributed by atoms with E-state index in [9.17, 15) is 13.2 Å². The van der Waals surface area contributed by atoms with Crippen LogP contribution in [0.2, 0.25) is 0 Å². The summed E-state index contributed by atoms with van der Waals surface area (Å²) in [4.78, 5) is 14.5. The summed E-state index contributed by atoms with van der Waals surface area (Å²) >= 11 is 0. The quantitative estimate of drug-likeness (QED) is 0.503. The molecule has 2 rings (SSSR count).